The average molecular weight is 360 g/mol. The second-order valence-corrected chi connectivity index (χ2v) is 6.41. The number of aromatic nitrogens is 1. The highest BCUT2D eigenvalue weighted by Gasteiger charge is 2.14. The Labute approximate surface area is 152 Å². The molecular weight excluding hydrogens is 336 g/mol. The van der Waals surface area contributed by atoms with Crippen LogP contribution in [-0.2, 0) is 6.42 Å². The van der Waals surface area contributed by atoms with Crippen molar-refractivity contribution in [2.75, 3.05) is 17.8 Å². The lowest BCUT2D eigenvalue weighted by atomic mass is 10.1. The smallest absolute Gasteiger partial charge is 0.205 e. The minimum absolute atomic E-state index is 0.0549. The van der Waals surface area contributed by atoms with Crippen molar-refractivity contribution in [3.8, 4) is 11.5 Å². The topological polar surface area (TPSA) is 81.8 Å². The van der Waals surface area contributed by atoms with E-state index in [1.54, 1.807) is 11.6 Å². The summed E-state index contributed by atoms with van der Waals surface area (Å²) in [6.07, 6.45) is 4.29. The molecule has 0 atom stereocenters. The zero-order chi connectivity index (χ0) is 18.2. The highest BCUT2D eigenvalue weighted by molar-refractivity contribution is 7.14. The van der Waals surface area contributed by atoms with Gasteiger partial charge >= 0.3 is 0 Å². The van der Waals surface area contributed by atoms with Gasteiger partial charge in [-0.2, -0.15) is 5.10 Å². The molecule has 1 aromatic carbocycles. The highest BCUT2D eigenvalue weighted by Crippen LogP contribution is 2.34. The number of rotatable bonds is 9. The molecule has 3 N–H and O–H groups in total. The first-order valence-electron chi connectivity index (χ1n) is 8.10. The van der Waals surface area contributed by atoms with E-state index in [4.69, 9.17) is 15.2 Å². The van der Waals surface area contributed by atoms with E-state index in [2.05, 4.69) is 22.1 Å². The molecule has 0 aliphatic rings. The normalized spacial score (nSPS) is 11.0. The number of nitrogens with zero attached hydrogens (tertiary/aromatic N) is 2. The predicted molar refractivity (Wildman–Crippen MR) is 105 cm³/mol. The van der Waals surface area contributed by atoms with E-state index in [0.717, 1.165) is 16.9 Å². The van der Waals surface area contributed by atoms with Crippen LogP contribution in [0.2, 0.25) is 0 Å². The Morgan fingerprint density at radius 3 is 2.84 bits per heavy atom. The van der Waals surface area contributed by atoms with Crippen LogP contribution in [0.5, 0.6) is 11.5 Å². The molecule has 0 aliphatic carbocycles. The van der Waals surface area contributed by atoms with E-state index in [1.807, 2.05) is 39.0 Å². The Kier molecular flexibility index (Phi) is 6.82. The Hall–Kier alpha value is -2.54. The summed E-state index contributed by atoms with van der Waals surface area (Å²) < 4.78 is 11.7. The molecule has 0 radical (unpaired) electrons. The van der Waals surface area contributed by atoms with Gasteiger partial charge in [-0.05, 0) is 44.9 Å². The van der Waals surface area contributed by atoms with Crippen LogP contribution in [0, 0.1) is 0 Å². The molecule has 7 heteroatoms. The SMILES string of the molecule is C=CCc1cc(C=NNc2nc(N)cs2)cc(OCC)c1OC(C)C. The lowest BCUT2D eigenvalue weighted by Crippen LogP contribution is -2.10. The summed E-state index contributed by atoms with van der Waals surface area (Å²) in [4.78, 5) is 4.10. The van der Waals surface area contributed by atoms with Crippen LogP contribution in [0.4, 0.5) is 10.9 Å². The molecule has 0 aliphatic heterocycles. The third-order valence-corrected chi connectivity index (χ3v) is 3.83. The molecule has 25 heavy (non-hydrogen) atoms. The van der Waals surface area contributed by atoms with E-state index in [0.29, 0.717) is 29.7 Å². The molecule has 0 unspecified atom stereocenters. The van der Waals surface area contributed by atoms with Gasteiger partial charge in [0, 0.05) is 10.9 Å². The number of hydrogen-bond acceptors (Lipinski definition) is 7. The van der Waals surface area contributed by atoms with Gasteiger partial charge in [0.25, 0.3) is 0 Å². The van der Waals surface area contributed by atoms with Gasteiger partial charge in [-0.25, -0.2) is 4.98 Å². The number of hydrazone groups is 1. The first kappa shape index (κ1) is 18.8. The predicted octanol–water partition coefficient (Wildman–Crippen LogP) is 4.09. The van der Waals surface area contributed by atoms with Crippen molar-refractivity contribution < 1.29 is 9.47 Å². The van der Waals surface area contributed by atoms with E-state index < -0.39 is 0 Å². The maximum atomic E-state index is 5.96. The van der Waals surface area contributed by atoms with Crippen LogP contribution in [0.1, 0.15) is 31.9 Å². The molecule has 0 bridgehead atoms. The molecule has 0 fully saturated rings. The number of benzene rings is 1. The molecule has 1 heterocycles. The van der Waals surface area contributed by atoms with E-state index in [1.165, 1.54) is 11.3 Å². The maximum Gasteiger partial charge on any atom is 0.205 e. The second-order valence-electron chi connectivity index (χ2n) is 5.55. The van der Waals surface area contributed by atoms with Crippen LogP contribution in [0.3, 0.4) is 0 Å². The number of hydrogen-bond donors (Lipinski definition) is 2. The van der Waals surface area contributed by atoms with Crippen LogP contribution in [-0.4, -0.2) is 23.9 Å². The average Bonchev–Trinajstić information content (AvgIpc) is 2.96. The molecule has 0 saturated carbocycles. The first-order valence-corrected chi connectivity index (χ1v) is 8.98. The summed E-state index contributed by atoms with van der Waals surface area (Å²) in [5.74, 6) is 1.94. The molecule has 0 spiro atoms. The van der Waals surface area contributed by atoms with Crippen molar-refractivity contribution in [2.45, 2.75) is 33.3 Å². The van der Waals surface area contributed by atoms with Crippen molar-refractivity contribution >= 4 is 28.5 Å². The lowest BCUT2D eigenvalue weighted by Gasteiger charge is -2.18. The fourth-order valence-electron chi connectivity index (χ4n) is 2.20. The van der Waals surface area contributed by atoms with Gasteiger partial charge in [0.15, 0.2) is 11.5 Å². The minimum Gasteiger partial charge on any atom is -0.490 e. The van der Waals surface area contributed by atoms with Crippen LogP contribution < -0.4 is 20.6 Å². The van der Waals surface area contributed by atoms with Crippen molar-refractivity contribution in [3.63, 3.8) is 0 Å². The first-order chi connectivity index (χ1) is 12.0. The Morgan fingerprint density at radius 1 is 1.44 bits per heavy atom. The third kappa shape index (κ3) is 5.49. The standard InChI is InChI=1S/C18H24N4O2S/c1-5-7-14-8-13(10-20-22-18-21-16(19)11-25-18)9-15(23-6-2)17(14)24-12(3)4/h5,8-12H,1,6-7,19H2,2-4H3,(H,21,22). The number of thiazole rings is 1. The summed E-state index contributed by atoms with van der Waals surface area (Å²) in [5.41, 5.74) is 10.4. The Morgan fingerprint density at radius 2 is 2.24 bits per heavy atom. The van der Waals surface area contributed by atoms with E-state index in [-0.39, 0.29) is 6.10 Å². The van der Waals surface area contributed by atoms with E-state index >= 15 is 0 Å². The van der Waals surface area contributed by atoms with Crippen LogP contribution in [0.25, 0.3) is 0 Å². The maximum absolute atomic E-state index is 5.96. The number of allylic oxidation sites excluding steroid dienone is 1. The van der Waals surface area contributed by atoms with Gasteiger partial charge in [0.1, 0.15) is 5.82 Å². The number of nitrogens with two attached hydrogens (primary N) is 1. The van der Waals surface area contributed by atoms with Gasteiger partial charge in [-0.15, -0.1) is 17.9 Å². The molecule has 2 aromatic rings. The lowest BCUT2D eigenvalue weighted by molar-refractivity contribution is 0.222. The number of nitrogen functional groups attached to an aromatic ring is 1. The van der Waals surface area contributed by atoms with Crippen molar-refractivity contribution in [1.82, 2.24) is 4.98 Å². The van der Waals surface area contributed by atoms with Gasteiger partial charge in [-0.3, -0.25) is 5.43 Å². The zero-order valence-corrected chi connectivity index (χ0v) is 15.6. The molecule has 6 nitrogen and oxygen atoms in total. The Bertz CT molecular complexity index is 741. The summed E-state index contributed by atoms with van der Waals surface area (Å²) >= 11 is 1.40. The quantitative estimate of drug-likeness (QED) is 0.400. The van der Waals surface area contributed by atoms with Gasteiger partial charge < -0.3 is 15.2 Å². The van der Waals surface area contributed by atoms with Gasteiger partial charge in [0.05, 0.1) is 18.9 Å². The summed E-state index contributed by atoms with van der Waals surface area (Å²) in [5, 5.41) is 6.61. The highest BCUT2D eigenvalue weighted by atomic mass is 32.1. The number of anilines is 2. The fraction of sp³-hybridized carbons (Fsp3) is 0.333. The monoisotopic (exact) mass is 360 g/mol. The third-order valence-electron chi connectivity index (χ3n) is 3.07. The molecule has 0 amide bonds. The molecule has 134 valence electrons. The molecular formula is C18H24N4O2S. The summed E-state index contributed by atoms with van der Waals surface area (Å²) in [6, 6.07) is 3.93. The zero-order valence-electron chi connectivity index (χ0n) is 14.8. The van der Waals surface area contributed by atoms with Crippen LogP contribution in [0.15, 0.2) is 35.3 Å². The molecule has 1 aromatic heterocycles. The molecule has 2 rings (SSSR count). The van der Waals surface area contributed by atoms with Crippen LogP contribution >= 0.6 is 11.3 Å². The fourth-order valence-corrected chi connectivity index (χ4v) is 2.75. The second kappa shape index (κ2) is 9.08. The van der Waals surface area contributed by atoms with Gasteiger partial charge in [-0.1, -0.05) is 6.08 Å². The Balaban J connectivity index is 2.28. The van der Waals surface area contributed by atoms with Crippen molar-refractivity contribution in [3.05, 3.63) is 41.3 Å². The van der Waals surface area contributed by atoms with E-state index in [9.17, 15) is 0 Å². The largest absolute Gasteiger partial charge is 0.490 e. The molecule has 0 saturated heterocycles. The van der Waals surface area contributed by atoms with Crippen molar-refractivity contribution in [1.29, 1.82) is 0 Å². The number of ether oxygens (including phenoxy) is 2. The van der Waals surface area contributed by atoms with Crippen molar-refractivity contribution in [2.24, 2.45) is 5.10 Å². The number of nitrogens with one attached hydrogen (secondary N) is 1. The van der Waals surface area contributed by atoms with Gasteiger partial charge in [0.2, 0.25) is 5.13 Å². The summed E-state index contributed by atoms with van der Waals surface area (Å²) in [6.45, 7) is 10.3. The summed E-state index contributed by atoms with van der Waals surface area (Å²) in [7, 11) is 0. The minimum atomic E-state index is 0.0549.